The van der Waals surface area contributed by atoms with Crippen molar-refractivity contribution in [2.24, 2.45) is 0 Å². The monoisotopic (exact) mass is 362 g/mol. The molecule has 0 N–H and O–H groups in total. The highest BCUT2D eigenvalue weighted by molar-refractivity contribution is 7.99. The van der Waals surface area contributed by atoms with Crippen molar-refractivity contribution < 1.29 is 18.7 Å². The molecule has 0 bridgehead atoms. The molecule has 1 atom stereocenters. The largest absolute Gasteiger partial charge is 0.497 e. The third-order valence-corrected chi connectivity index (χ3v) is 4.91. The molecule has 3 rings (SSSR count). The molecule has 2 aromatic rings. The fraction of sp³-hybridized carbons (Fsp3) is 0.444. The van der Waals surface area contributed by atoms with E-state index >= 15 is 0 Å². The SMILES string of the molecule is COc1ccc(-c2nc(CSCC(=O)N3CCO[C@H](C)C3)co2)cc1. The van der Waals surface area contributed by atoms with Crippen LogP contribution < -0.4 is 4.74 Å². The van der Waals surface area contributed by atoms with Crippen LogP contribution in [0.3, 0.4) is 0 Å². The number of aromatic nitrogens is 1. The van der Waals surface area contributed by atoms with Crippen LogP contribution in [0, 0.1) is 0 Å². The number of carbonyl (C=O) groups excluding carboxylic acids is 1. The number of oxazole rings is 1. The predicted molar refractivity (Wildman–Crippen MR) is 96.6 cm³/mol. The molecule has 134 valence electrons. The fourth-order valence-electron chi connectivity index (χ4n) is 2.62. The lowest BCUT2D eigenvalue weighted by atomic mass is 10.2. The molecule has 6 nitrogen and oxygen atoms in total. The van der Waals surface area contributed by atoms with E-state index in [1.807, 2.05) is 36.1 Å². The van der Waals surface area contributed by atoms with Gasteiger partial charge in [0, 0.05) is 24.4 Å². The Morgan fingerprint density at radius 3 is 2.92 bits per heavy atom. The van der Waals surface area contributed by atoms with E-state index in [0.29, 0.717) is 37.1 Å². The minimum atomic E-state index is 0.116. The summed E-state index contributed by atoms with van der Waals surface area (Å²) >= 11 is 1.55. The number of thioether (sulfide) groups is 1. The Labute approximate surface area is 151 Å². The molecule has 1 aliphatic heterocycles. The number of ether oxygens (including phenoxy) is 2. The molecule has 1 aromatic carbocycles. The number of benzene rings is 1. The molecule has 2 heterocycles. The molecule has 1 saturated heterocycles. The lowest BCUT2D eigenvalue weighted by molar-refractivity contribution is -0.135. The van der Waals surface area contributed by atoms with Crippen LogP contribution in [-0.4, -0.2) is 54.5 Å². The van der Waals surface area contributed by atoms with Crippen LogP contribution in [-0.2, 0) is 15.3 Å². The summed E-state index contributed by atoms with van der Waals surface area (Å²) in [6, 6.07) is 7.56. The quantitative estimate of drug-likeness (QED) is 0.787. The van der Waals surface area contributed by atoms with E-state index < -0.39 is 0 Å². The highest BCUT2D eigenvalue weighted by atomic mass is 32.2. The number of hydrogen-bond acceptors (Lipinski definition) is 6. The van der Waals surface area contributed by atoms with Gasteiger partial charge in [-0.15, -0.1) is 11.8 Å². The minimum absolute atomic E-state index is 0.116. The number of rotatable bonds is 6. The maximum Gasteiger partial charge on any atom is 0.232 e. The molecule has 0 spiro atoms. The number of hydrogen-bond donors (Lipinski definition) is 0. The van der Waals surface area contributed by atoms with Gasteiger partial charge in [-0.2, -0.15) is 0 Å². The van der Waals surface area contributed by atoms with Gasteiger partial charge >= 0.3 is 0 Å². The van der Waals surface area contributed by atoms with E-state index in [4.69, 9.17) is 13.9 Å². The van der Waals surface area contributed by atoms with Crippen molar-refractivity contribution in [3.05, 3.63) is 36.2 Å². The van der Waals surface area contributed by atoms with Crippen LogP contribution >= 0.6 is 11.8 Å². The Balaban J connectivity index is 1.49. The molecule has 1 aliphatic rings. The van der Waals surface area contributed by atoms with Gasteiger partial charge in [-0.1, -0.05) is 0 Å². The van der Waals surface area contributed by atoms with Gasteiger partial charge in [0.15, 0.2) is 0 Å². The van der Waals surface area contributed by atoms with Crippen molar-refractivity contribution in [2.75, 3.05) is 32.6 Å². The first-order chi connectivity index (χ1) is 12.2. The molecule has 0 aliphatic carbocycles. The Kier molecular flexibility index (Phi) is 5.99. The van der Waals surface area contributed by atoms with E-state index in [1.165, 1.54) is 0 Å². The number of nitrogens with zero attached hydrogens (tertiary/aromatic N) is 2. The molecule has 0 saturated carbocycles. The first kappa shape index (κ1) is 17.8. The second kappa shape index (κ2) is 8.40. The number of morpholine rings is 1. The summed E-state index contributed by atoms with van der Waals surface area (Å²) in [5, 5.41) is 0. The summed E-state index contributed by atoms with van der Waals surface area (Å²) < 4.78 is 16.1. The molecule has 25 heavy (non-hydrogen) atoms. The van der Waals surface area contributed by atoms with Crippen LogP contribution in [0.25, 0.3) is 11.5 Å². The third kappa shape index (κ3) is 4.76. The summed E-state index contributed by atoms with van der Waals surface area (Å²) in [6.07, 6.45) is 1.76. The fourth-order valence-corrected chi connectivity index (χ4v) is 3.42. The van der Waals surface area contributed by atoms with Crippen molar-refractivity contribution in [3.63, 3.8) is 0 Å². The molecule has 0 unspecified atom stereocenters. The molecule has 1 aromatic heterocycles. The summed E-state index contributed by atoms with van der Waals surface area (Å²) in [5.74, 6) is 2.61. The Morgan fingerprint density at radius 1 is 1.40 bits per heavy atom. The molecule has 1 amide bonds. The van der Waals surface area contributed by atoms with Crippen LogP contribution in [0.15, 0.2) is 34.9 Å². The van der Waals surface area contributed by atoms with Gasteiger partial charge in [0.25, 0.3) is 0 Å². The normalized spacial score (nSPS) is 17.5. The van der Waals surface area contributed by atoms with Gasteiger partial charge in [0.2, 0.25) is 11.8 Å². The predicted octanol–water partition coefficient (Wildman–Crippen LogP) is 2.83. The first-order valence-electron chi connectivity index (χ1n) is 8.21. The standard InChI is InChI=1S/C18H22N2O4S/c1-13-9-20(7-8-23-13)17(21)12-25-11-15-10-24-18(19-15)14-3-5-16(22-2)6-4-14/h3-6,10,13H,7-9,11-12H2,1-2H3/t13-/m1/s1. The lowest BCUT2D eigenvalue weighted by Gasteiger charge is -2.31. The van der Waals surface area contributed by atoms with Gasteiger partial charge in [0.05, 0.1) is 31.3 Å². The average Bonchev–Trinajstić information content (AvgIpc) is 3.10. The first-order valence-corrected chi connectivity index (χ1v) is 9.37. The average molecular weight is 362 g/mol. The summed E-state index contributed by atoms with van der Waals surface area (Å²) in [6.45, 7) is 3.95. The molecule has 7 heteroatoms. The van der Waals surface area contributed by atoms with E-state index in [-0.39, 0.29) is 12.0 Å². The topological polar surface area (TPSA) is 64.8 Å². The van der Waals surface area contributed by atoms with E-state index in [9.17, 15) is 4.79 Å². The zero-order valence-electron chi connectivity index (χ0n) is 14.4. The number of carbonyl (C=O) groups is 1. The summed E-state index contributed by atoms with van der Waals surface area (Å²) in [5.41, 5.74) is 1.73. The molecular formula is C18H22N2O4S. The molecule has 0 radical (unpaired) electrons. The zero-order chi connectivity index (χ0) is 17.6. The van der Waals surface area contributed by atoms with Gasteiger partial charge in [0.1, 0.15) is 12.0 Å². The maximum absolute atomic E-state index is 12.2. The minimum Gasteiger partial charge on any atom is -0.497 e. The molecular weight excluding hydrogens is 340 g/mol. The highest BCUT2D eigenvalue weighted by Gasteiger charge is 2.21. The number of methoxy groups -OCH3 is 1. The second-order valence-corrected chi connectivity index (χ2v) is 6.87. The van der Waals surface area contributed by atoms with Crippen molar-refractivity contribution >= 4 is 17.7 Å². The highest BCUT2D eigenvalue weighted by Crippen LogP contribution is 2.23. The molecule has 1 fully saturated rings. The lowest BCUT2D eigenvalue weighted by Crippen LogP contribution is -2.45. The van der Waals surface area contributed by atoms with Gasteiger partial charge in [-0.3, -0.25) is 4.79 Å². The van der Waals surface area contributed by atoms with Crippen molar-refractivity contribution in [2.45, 2.75) is 18.8 Å². The van der Waals surface area contributed by atoms with Crippen molar-refractivity contribution in [3.8, 4) is 17.2 Å². The van der Waals surface area contributed by atoms with Crippen LogP contribution in [0.2, 0.25) is 0 Å². The van der Waals surface area contributed by atoms with Crippen LogP contribution in [0.4, 0.5) is 0 Å². The van der Waals surface area contributed by atoms with E-state index in [0.717, 1.165) is 17.0 Å². The third-order valence-electron chi connectivity index (χ3n) is 3.96. The van der Waals surface area contributed by atoms with Gasteiger partial charge in [-0.05, 0) is 31.2 Å². The van der Waals surface area contributed by atoms with E-state index in [1.54, 1.807) is 25.1 Å². The van der Waals surface area contributed by atoms with Gasteiger partial charge < -0.3 is 18.8 Å². The zero-order valence-corrected chi connectivity index (χ0v) is 15.3. The van der Waals surface area contributed by atoms with Crippen LogP contribution in [0.1, 0.15) is 12.6 Å². The smallest absolute Gasteiger partial charge is 0.232 e. The van der Waals surface area contributed by atoms with Crippen molar-refractivity contribution in [1.29, 1.82) is 0 Å². The maximum atomic E-state index is 12.2. The second-order valence-electron chi connectivity index (χ2n) is 5.89. The van der Waals surface area contributed by atoms with Crippen molar-refractivity contribution in [1.82, 2.24) is 9.88 Å². The Hall–Kier alpha value is -1.99. The summed E-state index contributed by atoms with van der Waals surface area (Å²) in [4.78, 5) is 18.6. The van der Waals surface area contributed by atoms with Gasteiger partial charge in [-0.25, -0.2) is 4.98 Å². The van der Waals surface area contributed by atoms with Crippen LogP contribution in [0.5, 0.6) is 5.75 Å². The van der Waals surface area contributed by atoms with E-state index in [2.05, 4.69) is 4.98 Å². The summed E-state index contributed by atoms with van der Waals surface area (Å²) in [7, 11) is 1.63. The number of amides is 1. The Bertz CT molecular complexity index is 701. The Morgan fingerprint density at radius 2 is 2.20 bits per heavy atom.